The Labute approximate surface area is 92.2 Å². The minimum absolute atomic E-state index is 0.00957. The van der Waals surface area contributed by atoms with Crippen LogP contribution in [-0.4, -0.2) is 18.4 Å². The third-order valence-electron chi connectivity index (χ3n) is 1.98. The van der Waals surface area contributed by atoms with E-state index in [-0.39, 0.29) is 11.9 Å². The van der Waals surface area contributed by atoms with Crippen LogP contribution < -0.4 is 0 Å². The largest absolute Gasteiger partial charge is 0.464 e. The van der Waals surface area contributed by atoms with Gasteiger partial charge in [0.05, 0.1) is 0 Å². The van der Waals surface area contributed by atoms with Gasteiger partial charge in [0.25, 0.3) is 6.47 Å². The van der Waals surface area contributed by atoms with Gasteiger partial charge in [0.1, 0.15) is 11.9 Å². The Morgan fingerprint density at radius 2 is 2.13 bits per heavy atom. The first-order valence-corrected chi connectivity index (χ1v) is 5.32. The summed E-state index contributed by atoms with van der Waals surface area (Å²) in [6.07, 6.45) is 8.74. The van der Waals surface area contributed by atoms with Crippen molar-refractivity contribution >= 4 is 12.3 Å². The van der Waals surface area contributed by atoms with E-state index in [1.807, 2.05) is 0 Å². The molecule has 0 heterocycles. The molecular formula is C12H19O3. The van der Waals surface area contributed by atoms with Gasteiger partial charge in [-0.25, -0.2) is 0 Å². The van der Waals surface area contributed by atoms with Crippen LogP contribution in [0.4, 0.5) is 0 Å². The fraction of sp³-hybridized carbons (Fsp3) is 0.583. The van der Waals surface area contributed by atoms with Crippen molar-refractivity contribution in [1.29, 1.82) is 0 Å². The van der Waals surface area contributed by atoms with Gasteiger partial charge in [-0.15, -0.1) is 0 Å². The van der Waals surface area contributed by atoms with Crippen molar-refractivity contribution in [3.05, 3.63) is 19.3 Å². The summed E-state index contributed by atoms with van der Waals surface area (Å²) in [6, 6.07) is 0. The predicted octanol–water partition coefficient (Wildman–Crippen LogP) is 2.31. The summed E-state index contributed by atoms with van der Waals surface area (Å²) >= 11 is 0. The maximum Gasteiger partial charge on any atom is 0.293 e. The minimum atomic E-state index is -0.204. The van der Waals surface area contributed by atoms with Crippen molar-refractivity contribution < 1.29 is 14.3 Å². The van der Waals surface area contributed by atoms with Gasteiger partial charge < -0.3 is 4.74 Å². The van der Waals surface area contributed by atoms with Gasteiger partial charge in [-0.05, 0) is 26.2 Å². The van der Waals surface area contributed by atoms with Crippen molar-refractivity contribution in [2.24, 2.45) is 0 Å². The SMILES string of the molecule is CCCCCC([CH][CH][CH]C(C)=O)OC=O. The van der Waals surface area contributed by atoms with Crippen molar-refractivity contribution in [2.45, 2.75) is 45.6 Å². The fourth-order valence-electron chi connectivity index (χ4n) is 1.19. The van der Waals surface area contributed by atoms with Crippen LogP contribution in [0.3, 0.4) is 0 Å². The fourth-order valence-corrected chi connectivity index (χ4v) is 1.19. The van der Waals surface area contributed by atoms with Gasteiger partial charge in [-0.2, -0.15) is 0 Å². The highest BCUT2D eigenvalue weighted by Crippen LogP contribution is 2.11. The molecule has 1 unspecified atom stereocenters. The summed E-state index contributed by atoms with van der Waals surface area (Å²) in [7, 11) is 0. The van der Waals surface area contributed by atoms with E-state index in [4.69, 9.17) is 4.74 Å². The van der Waals surface area contributed by atoms with E-state index in [1.165, 1.54) is 13.3 Å². The molecule has 15 heavy (non-hydrogen) atoms. The quantitative estimate of drug-likeness (QED) is 0.411. The molecule has 0 aliphatic rings. The zero-order valence-electron chi connectivity index (χ0n) is 9.44. The molecule has 3 radical (unpaired) electrons. The van der Waals surface area contributed by atoms with E-state index in [0.717, 1.165) is 25.7 Å². The van der Waals surface area contributed by atoms with Gasteiger partial charge in [-0.3, -0.25) is 9.59 Å². The second-order valence-electron chi connectivity index (χ2n) is 3.43. The van der Waals surface area contributed by atoms with Crippen molar-refractivity contribution in [3.8, 4) is 0 Å². The molecule has 0 fully saturated rings. The van der Waals surface area contributed by atoms with E-state index in [9.17, 15) is 9.59 Å². The van der Waals surface area contributed by atoms with Crippen LogP contribution in [0.1, 0.15) is 39.5 Å². The Bertz CT molecular complexity index is 178. The lowest BCUT2D eigenvalue weighted by atomic mass is 10.0. The molecule has 85 valence electrons. The molecule has 3 nitrogen and oxygen atoms in total. The molecule has 0 amide bonds. The van der Waals surface area contributed by atoms with E-state index in [1.54, 1.807) is 12.8 Å². The second-order valence-corrected chi connectivity index (χ2v) is 3.43. The number of rotatable bonds is 10. The summed E-state index contributed by atoms with van der Waals surface area (Å²) in [6.45, 7) is 4.06. The lowest BCUT2D eigenvalue weighted by molar-refractivity contribution is -0.132. The average Bonchev–Trinajstić information content (AvgIpc) is 2.17. The summed E-state index contributed by atoms with van der Waals surface area (Å²) in [5.41, 5.74) is 0. The molecule has 0 aromatic carbocycles. The molecule has 0 aromatic rings. The van der Waals surface area contributed by atoms with Gasteiger partial charge in [0, 0.05) is 12.8 Å². The Kier molecular flexibility index (Phi) is 9.13. The number of ketones is 1. The molecule has 0 spiro atoms. The van der Waals surface area contributed by atoms with Gasteiger partial charge in [-0.1, -0.05) is 19.8 Å². The monoisotopic (exact) mass is 211 g/mol. The number of Topliss-reactive ketones (excluding diaryl/α,β-unsaturated/α-hetero) is 1. The lowest BCUT2D eigenvalue weighted by Gasteiger charge is -2.13. The lowest BCUT2D eigenvalue weighted by Crippen LogP contribution is -2.13. The Hall–Kier alpha value is -0.860. The van der Waals surface area contributed by atoms with E-state index in [0.29, 0.717) is 6.47 Å². The maximum atomic E-state index is 10.6. The summed E-state index contributed by atoms with van der Waals surface area (Å²) in [4.78, 5) is 20.8. The molecule has 0 saturated carbocycles. The third kappa shape index (κ3) is 9.44. The number of hydrogen-bond acceptors (Lipinski definition) is 3. The number of hydrogen-bond donors (Lipinski definition) is 0. The summed E-state index contributed by atoms with van der Waals surface area (Å²) < 4.78 is 4.87. The smallest absolute Gasteiger partial charge is 0.293 e. The number of carbonyl (C=O) groups excluding carboxylic acids is 2. The van der Waals surface area contributed by atoms with Crippen LogP contribution in [0.2, 0.25) is 0 Å². The van der Waals surface area contributed by atoms with Crippen LogP contribution in [-0.2, 0) is 14.3 Å². The van der Waals surface area contributed by atoms with Crippen LogP contribution >= 0.6 is 0 Å². The van der Waals surface area contributed by atoms with Gasteiger partial charge >= 0.3 is 0 Å². The van der Waals surface area contributed by atoms with Crippen LogP contribution in [0.25, 0.3) is 0 Å². The molecule has 0 rings (SSSR count). The average molecular weight is 211 g/mol. The Balaban J connectivity index is 3.62. The normalized spacial score (nSPS) is 12.1. The van der Waals surface area contributed by atoms with E-state index in [2.05, 4.69) is 6.92 Å². The molecular weight excluding hydrogens is 192 g/mol. The highest BCUT2D eigenvalue weighted by Gasteiger charge is 2.09. The zero-order valence-corrected chi connectivity index (χ0v) is 9.44. The predicted molar refractivity (Wildman–Crippen MR) is 58.7 cm³/mol. The first-order chi connectivity index (χ1) is 7.20. The summed E-state index contributed by atoms with van der Waals surface area (Å²) in [5.74, 6) is -0.00957. The van der Waals surface area contributed by atoms with E-state index >= 15 is 0 Å². The number of carbonyl (C=O) groups is 2. The zero-order chi connectivity index (χ0) is 11.5. The highest BCUT2D eigenvalue weighted by molar-refractivity contribution is 5.86. The third-order valence-corrected chi connectivity index (χ3v) is 1.98. The minimum Gasteiger partial charge on any atom is -0.464 e. The second kappa shape index (κ2) is 9.69. The topological polar surface area (TPSA) is 43.4 Å². The molecule has 0 aliphatic carbocycles. The molecule has 0 saturated heterocycles. The molecule has 1 atom stereocenters. The molecule has 0 N–H and O–H groups in total. The summed E-state index contributed by atoms with van der Waals surface area (Å²) in [5, 5.41) is 0. The molecule has 0 bridgehead atoms. The van der Waals surface area contributed by atoms with Gasteiger partial charge in [0.15, 0.2) is 0 Å². The first kappa shape index (κ1) is 14.1. The molecule has 3 heteroatoms. The molecule has 0 aliphatic heterocycles. The van der Waals surface area contributed by atoms with Gasteiger partial charge in [0.2, 0.25) is 0 Å². The highest BCUT2D eigenvalue weighted by atomic mass is 16.5. The van der Waals surface area contributed by atoms with E-state index < -0.39 is 0 Å². The van der Waals surface area contributed by atoms with Crippen LogP contribution in [0.5, 0.6) is 0 Å². The van der Waals surface area contributed by atoms with Crippen LogP contribution in [0, 0.1) is 19.3 Å². The first-order valence-electron chi connectivity index (χ1n) is 5.32. The standard InChI is InChI=1S/C12H19O3/c1-3-4-5-8-12(15-10-13)9-6-7-11(2)14/h6-7,9-10,12H,3-5,8H2,1-2H3. The van der Waals surface area contributed by atoms with Crippen molar-refractivity contribution in [2.75, 3.05) is 0 Å². The Morgan fingerprint density at radius 1 is 1.40 bits per heavy atom. The van der Waals surface area contributed by atoms with Crippen LogP contribution in [0.15, 0.2) is 0 Å². The number of unbranched alkanes of at least 4 members (excludes halogenated alkanes) is 2. The Morgan fingerprint density at radius 3 is 2.67 bits per heavy atom. The molecule has 0 aromatic heterocycles. The number of ether oxygens (including phenoxy) is 1. The van der Waals surface area contributed by atoms with Crippen molar-refractivity contribution in [3.63, 3.8) is 0 Å². The van der Waals surface area contributed by atoms with Crippen molar-refractivity contribution in [1.82, 2.24) is 0 Å². The maximum absolute atomic E-state index is 10.6.